The molecule has 0 fully saturated rings. The molecule has 0 aliphatic carbocycles. The summed E-state index contributed by atoms with van der Waals surface area (Å²) < 4.78 is 0.922. The Balaban J connectivity index is 1.75. The number of nitrogens with one attached hydrogen (secondary N) is 1. The Morgan fingerprint density at radius 2 is 1.65 bits per heavy atom. The van der Waals surface area contributed by atoms with Crippen LogP contribution in [-0.4, -0.2) is 21.9 Å². The molecule has 8 heteroatoms. The van der Waals surface area contributed by atoms with Gasteiger partial charge in [0, 0.05) is 17.1 Å². The second-order valence-corrected chi connectivity index (χ2v) is 9.18. The summed E-state index contributed by atoms with van der Waals surface area (Å²) >= 11 is 4.69. The smallest absolute Gasteiger partial charge is 0.273 e. The zero-order valence-corrected chi connectivity index (χ0v) is 18.9. The van der Waals surface area contributed by atoms with Crippen LogP contribution < -0.4 is 15.2 Å². The minimum atomic E-state index is -1.18. The van der Waals surface area contributed by atoms with Crippen molar-refractivity contribution >= 4 is 61.5 Å². The number of rotatable bonds is 3. The summed E-state index contributed by atoms with van der Waals surface area (Å²) in [6, 6.07) is 24.4. The summed E-state index contributed by atoms with van der Waals surface area (Å²) in [6.07, 6.45) is 0. The van der Waals surface area contributed by atoms with Crippen LogP contribution in [0.3, 0.4) is 0 Å². The van der Waals surface area contributed by atoms with Gasteiger partial charge in [0.25, 0.3) is 11.0 Å². The zero-order chi connectivity index (χ0) is 21.6. The molecule has 154 valence electrons. The highest BCUT2D eigenvalue weighted by Crippen LogP contribution is 2.49. The molecule has 1 amide bonds. The summed E-state index contributed by atoms with van der Waals surface area (Å²) in [5.41, 5.74) is 2.69. The number of ketones is 1. The van der Waals surface area contributed by atoms with E-state index in [9.17, 15) is 9.59 Å². The van der Waals surface area contributed by atoms with Gasteiger partial charge in [-0.05, 0) is 60.3 Å². The number of hydrogen-bond donors (Lipinski definition) is 1. The number of amides is 1. The quantitative estimate of drug-likeness (QED) is 0.538. The van der Waals surface area contributed by atoms with E-state index in [4.69, 9.17) is 0 Å². The highest BCUT2D eigenvalue weighted by molar-refractivity contribution is 9.10. The minimum absolute atomic E-state index is 0.162. The number of benzene rings is 3. The molecule has 2 heterocycles. The predicted molar refractivity (Wildman–Crippen MR) is 128 cm³/mol. The first-order valence-electron chi connectivity index (χ1n) is 9.61. The molecule has 0 aromatic heterocycles. The fourth-order valence-corrected chi connectivity index (χ4v) is 5.14. The van der Waals surface area contributed by atoms with Crippen LogP contribution in [-0.2, 0) is 4.79 Å². The van der Waals surface area contributed by atoms with Crippen LogP contribution in [0, 0.1) is 0 Å². The Labute approximate surface area is 192 Å². The molecule has 1 atom stereocenters. The molecule has 0 unspecified atom stereocenters. The maximum atomic E-state index is 13.8. The summed E-state index contributed by atoms with van der Waals surface area (Å²) in [6.45, 7) is 1.48. The monoisotopic (exact) mass is 492 g/mol. The molecule has 5 rings (SSSR count). The van der Waals surface area contributed by atoms with Gasteiger partial charge in [0.15, 0.2) is 10.8 Å². The van der Waals surface area contributed by atoms with Crippen LogP contribution in [0.1, 0.15) is 17.3 Å². The van der Waals surface area contributed by atoms with Gasteiger partial charge in [-0.3, -0.25) is 14.5 Å². The molecule has 2 aliphatic rings. The van der Waals surface area contributed by atoms with Gasteiger partial charge in [0.05, 0.1) is 16.9 Å². The molecule has 0 bridgehead atoms. The highest BCUT2D eigenvalue weighted by atomic mass is 79.9. The maximum absolute atomic E-state index is 13.8. The first kappa shape index (κ1) is 19.8. The number of anilines is 3. The molecule has 0 radical (unpaired) electrons. The molecule has 0 saturated heterocycles. The summed E-state index contributed by atoms with van der Waals surface area (Å²) in [4.78, 5) is 27.8. The van der Waals surface area contributed by atoms with E-state index in [1.54, 1.807) is 16.0 Å². The van der Waals surface area contributed by atoms with Crippen LogP contribution >= 0.6 is 27.7 Å². The van der Waals surface area contributed by atoms with Gasteiger partial charge in [-0.25, -0.2) is 5.01 Å². The van der Waals surface area contributed by atoms with Gasteiger partial charge in [-0.2, -0.15) is 5.10 Å². The van der Waals surface area contributed by atoms with Crippen molar-refractivity contribution in [2.75, 3.05) is 15.2 Å². The maximum Gasteiger partial charge on any atom is 0.273 e. The van der Waals surface area contributed by atoms with E-state index in [0.717, 1.165) is 10.2 Å². The second-order valence-electron chi connectivity index (χ2n) is 7.11. The largest absolute Gasteiger partial charge is 0.334 e. The van der Waals surface area contributed by atoms with E-state index in [1.165, 1.54) is 18.7 Å². The van der Waals surface area contributed by atoms with E-state index in [1.807, 2.05) is 72.8 Å². The molecule has 2 aliphatic heterocycles. The molecular weight excluding hydrogens is 476 g/mol. The number of para-hydroxylation sites is 2. The van der Waals surface area contributed by atoms with Crippen LogP contribution in [0.15, 0.2) is 88.4 Å². The third-order valence-electron chi connectivity index (χ3n) is 5.06. The number of carbonyl (C=O) groups excluding carboxylic acids is 2. The Kier molecular flexibility index (Phi) is 4.83. The van der Waals surface area contributed by atoms with E-state index < -0.39 is 5.12 Å². The average Bonchev–Trinajstić information content (AvgIpc) is 3.15. The molecule has 3 aromatic rings. The fourth-order valence-electron chi connectivity index (χ4n) is 3.67. The van der Waals surface area contributed by atoms with Gasteiger partial charge < -0.3 is 5.32 Å². The molecule has 3 aromatic carbocycles. The Morgan fingerprint density at radius 1 is 0.968 bits per heavy atom. The molecule has 1 N–H and O–H groups in total. The third kappa shape index (κ3) is 3.23. The van der Waals surface area contributed by atoms with E-state index >= 15 is 0 Å². The average molecular weight is 493 g/mol. The van der Waals surface area contributed by atoms with Crippen LogP contribution in [0.2, 0.25) is 0 Å². The Bertz CT molecular complexity index is 1220. The second kappa shape index (κ2) is 7.55. The van der Waals surface area contributed by atoms with Crippen molar-refractivity contribution in [2.24, 2.45) is 5.10 Å². The van der Waals surface area contributed by atoms with Crippen molar-refractivity contribution in [3.63, 3.8) is 0 Å². The normalized spacial score (nSPS) is 19.8. The van der Waals surface area contributed by atoms with Gasteiger partial charge in [0.2, 0.25) is 0 Å². The molecular formula is C23H17BrN4O2S. The standard InChI is InChI=1S/C23H17BrN4O2S/c1-15(29)21-26-28(18-13-11-16(24)12-14-18)23(31-21)25-20-10-6-5-9-19(20)22(30)27(23)17-7-3-2-4-8-17/h2-14,25H,1H3/t23-/m1/s1. The summed E-state index contributed by atoms with van der Waals surface area (Å²) in [5, 5.41) is 9.01. The number of Topliss-reactive ketones (excluding diaryl/α,β-unsaturated/α-hetero) is 1. The van der Waals surface area contributed by atoms with Gasteiger partial charge in [0.1, 0.15) is 0 Å². The molecule has 6 nitrogen and oxygen atoms in total. The van der Waals surface area contributed by atoms with Crippen molar-refractivity contribution in [2.45, 2.75) is 12.0 Å². The van der Waals surface area contributed by atoms with E-state index in [0.29, 0.717) is 22.0 Å². The Hall–Kier alpha value is -3.10. The van der Waals surface area contributed by atoms with Crippen molar-refractivity contribution in [3.05, 3.63) is 88.9 Å². The van der Waals surface area contributed by atoms with Crippen molar-refractivity contribution in [3.8, 4) is 0 Å². The van der Waals surface area contributed by atoms with Gasteiger partial charge in [-0.1, -0.05) is 46.3 Å². The lowest BCUT2D eigenvalue weighted by Gasteiger charge is -2.48. The van der Waals surface area contributed by atoms with E-state index in [2.05, 4.69) is 26.3 Å². The topological polar surface area (TPSA) is 65.0 Å². The Morgan fingerprint density at radius 3 is 2.35 bits per heavy atom. The van der Waals surface area contributed by atoms with Crippen molar-refractivity contribution in [1.29, 1.82) is 0 Å². The third-order valence-corrected chi connectivity index (χ3v) is 6.90. The minimum Gasteiger partial charge on any atom is -0.334 e. The molecule has 0 saturated carbocycles. The lowest BCUT2D eigenvalue weighted by atomic mass is 10.1. The summed E-state index contributed by atoms with van der Waals surface area (Å²) in [5.74, 6) is -0.333. The number of hydrogen-bond acceptors (Lipinski definition) is 6. The van der Waals surface area contributed by atoms with Crippen molar-refractivity contribution < 1.29 is 9.59 Å². The van der Waals surface area contributed by atoms with E-state index in [-0.39, 0.29) is 11.7 Å². The lowest BCUT2D eigenvalue weighted by Crippen LogP contribution is -2.65. The van der Waals surface area contributed by atoms with Gasteiger partial charge in [-0.15, -0.1) is 0 Å². The van der Waals surface area contributed by atoms with Crippen LogP contribution in [0.25, 0.3) is 0 Å². The number of hydrazone groups is 1. The molecule has 31 heavy (non-hydrogen) atoms. The number of thioether (sulfide) groups is 1. The van der Waals surface area contributed by atoms with Crippen LogP contribution in [0.4, 0.5) is 17.1 Å². The first-order valence-corrected chi connectivity index (χ1v) is 11.2. The first-order chi connectivity index (χ1) is 15.0. The lowest BCUT2D eigenvalue weighted by molar-refractivity contribution is -0.110. The summed E-state index contributed by atoms with van der Waals surface area (Å²) in [7, 11) is 0. The predicted octanol–water partition coefficient (Wildman–Crippen LogP) is 5.29. The zero-order valence-electron chi connectivity index (χ0n) is 16.4. The van der Waals surface area contributed by atoms with Gasteiger partial charge >= 0.3 is 0 Å². The number of nitrogens with zero attached hydrogens (tertiary/aromatic N) is 3. The van der Waals surface area contributed by atoms with Crippen molar-refractivity contribution in [1.82, 2.24) is 0 Å². The number of halogens is 1. The van der Waals surface area contributed by atoms with Crippen LogP contribution in [0.5, 0.6) is 0 Å². The molecule has 1 spiro atoms. The highest BCUT2D eigenvalue weighted by Gasteiger charge is 2.56. The number of fused-ring (bicyclic) bond motifs is 1. The SMILES string of the molecule is CC(=O)C1=NN(c2ccc(Br)cc2)[C@]2(Nc3ccccc3C(=O)N2c2ccccc2)S1. The number of carbonyl (C=O) groups is 2. The fraction of sp³-hybridized carbons (Fsp3) is 0.0870.